The maximum absolute atomic E-state index is 12.7. The van der Waals surface area contributed by atoms with Crippen LogP contribution in [0.2, 0.25) is 0 Å². The highest BCUT2D eigenvalue weighted by Gasteiger charge is 2.27. The van der Waals surface area contributed by atoms with Gasteiger partial charge in [-0.25, -0.2) is 8.42 Å². The SMILES string of the molecule is CCN1CCN(S(=O)(=O)c2ccc(NC(=O)CCC(C)C)cc2)CC1. The van der Waals surface area contributed by atoms with Gasteiger partial charge in [0.1, 0.15) is 0 Å². The van der Waals surface area contributed by atoms with Gasteiger partial charge in [-0.05, 0) is 43.1 Å². The smallest absolute Gasteiger partial charge is 0.243 e. The molecule has 2 rings (SSSR count). The van der Waals surface area contributed by atoms with Gasteiger partial charge in [0.05, 0.1) is 4.90 Å². The lowest BCUT2D eigenvalue weighted by Gasteiger charge is -2.33. The maximum atomic E-state index is 12.7. The first-order valence-corrected chi connectivity index (χ1v) is 10.4. The van der Waals surface area contributed by atoms with Crippen molar-refractivity contribution in [3.05, 3.63) is 24.3 Å². The van der Waals surface area contributed by atoms with Crippen molar-refractivity contribution in [1.29, 1.82) is 0 Å². The summed E-state index contributed by atoms with van der Waals surface area (Å²) in [4.78, 5) is 14.4. The number of amides is 1. The van der Waals surface area contributed by atoms with E-state index in [9.17, 15) is 13.2 Å². The fourth-order valence-corrected chi connectivity index (χ4v) is 4.21. The van der Waals surface area contributed by atoms with Crippen LogP contribution in [-0.2, 0) is 14.8 Å². The van der Waals surface area contributed by atoms with Crippen molar-refractivity contribution in [3.63, 3.8) is 0 Å². The van der Waals surface area contributed by atoms with E-state index in [4.69, 9.17) is 0 Å². The summed E-state index contributed by atoms with van der Waals surface area (Å²) in [7, 11) is -3.47. The van der Waals surface area contributed by atoms with Gasteiger partial charge in [-0.3, -0.25) is 4.79 Å². The monoisotopic (exact) mass is 367 g/mol. The number of nitrogens with one attached hydrogen (secondary N) is 1. The van der Waals surface area contributed by atoms with E-state index < -0.39 is 10.0 Å². The summed E-state index contributed by atoms with van der Waals surface area (Å²) in [6.45, 7) is 9.74. The number of nitrogens with zero attached hydrogens (tertiary/aromatic N) is 2. The summed E-state index contributed by atoms with van der Waals surface area (Å²) in [5, 5.41) is 2.81. The van der Waals surface area contributed by atoms with E-state index in [2.05, 4.69) is 31.0 Å². The first-order chi connectivity index (χ1) is 11.8. The van der Waals surface area contributed by atoms with Crippen LogP contribution in [0.1, 0.15) is 33.6 Å². The Hall–Kier alpha value is -1.44. The third kappa shape index (κ3) is 5.52. The molecule has 0 aliphatic carbocycles. The number of hydrogen-bond acceptors (Lipinski definition) is 4. The first-order valence-electron chi connectivity index (χ1n) is 8.95. The molecule has 0 unspecified atom stereocenters. The lowest BCUT2D eigenvalue weighted by molar-refractivity contribution is -0.116. The van der Waals surface area contributed by atoms with Crippen molar-refractivity contribution >= 4 is 21.6 Å². The van der Waals surface area contributed by atoms with Crippen LogP contribution in [0.25, 0.3) is 0 Å². The molecule has 0 aromatic heterocycles. The minimum Gasteiger partial charge on any atom is -0.326 e. The van der Waals surface area contributed by atoms with Crippen molar-refractivity contribution in [2.75, 3.05) is 38.0 Å². The van der Waals surface area contributed by atoms with Crippen LogP contribution in [0.4, 0.5) is 5.69 Å². The Balaban J connectivity index is 1.98. The molecule has 25 heavy (non-hydrogen) atoms. The van der Waals surface area contributed by atoms with Crippen LogP contribution >= 0.6 is 0 Å². The molecule has 0 bridgehead atoms. The van der Waals surface area contributed by atoms with Gasteiger partial charge in [-0.1, -0.05) is 20.8 Å². The molecule has 0 radical (unpaired) electrons. The van der Waals surface area contributed by atoms with Gasteiger partial charge in [-0.2, -0.15) is 4.31 Å². The third-order valence-corrected chi connectivity index (χ3v) is 6.42. The van der Waals surface area contributed by atoms with E-state index in [1.54, 1.807) is 24.3 Å². The molecule has 1 aromatic rings. The van der Waals surface area contributed by atoms with Gasteiger partial charge in [0, 0.05) is 38.3 Å². The highest BCUT2D eigenvalue weighted by molar-refractivity contribution is 7.89. The molecule has 1 N–H and O–H groups in total. The fourth-order valence-electron chi connectivity index (χ4n) is 2.79. The molecule has 0 spiro atoms. The highest BCUT2D eigenvalue weighted by Crippen LogP contribution is 2.20. The molecule has 7 heteroatoms. The molecule has 1 heterocycles. The Morgan fingerprint density at radius 2 is 1.72 bits per heavy atom. The fraction of sp³-hybridized carbons (Fsp3) is 0.611. The molecule has 140 valence electrons. The normalized spacial score (nSPS) is 17.0. The zero-order chi connectivity index (χ0) is 18.4. The summed E-state index contributed by atoms with van der Waals surface area (Å²) in [6, 6.07) is 6.45. The van der Waals surface area contributed by atoms with Gasteiger partial charge >= 0.3 is 0 Å². The summed E-state index contributed by atoms with van der Waals surface area (Å²) < 4.78 is 27.0. The summed E-state index contributed by atoms with van der Waals surface area (Å²) >= 11 is 0. The number of anilines is 1. The van der Waals surface area contributed by atoms with Crippen LogP contribution in [-0.4, -0.2) is 56.3 Å². The zero-order valence-corrected chi connectivity index (χ0v) is 16.2. The van der Waals surface area contributed by atoms with Crippen molar-refractivity contribution in [1.82, 2.24) is 9.21 Å². The molecule has 6 nitrogen and oxygen atoms in total. The van der Waals surface area contributed by atoms with Crippen LogP contribution < -0.4 is 5.32 Å². The largest absolute Gasteiger partial charge is 0.326 e. The van der Waals surface area contributed by atoms with Crippen molar-refractivity contribution in [2.45, 2.75) is 38.5 Å². The number of piperazine rings is 1. The number of sulfonamides is 1. The molecular weight excluding hydrogens is 338 g/mol. The van der Waals surface area contributed by atoms with E-state index in [-0.39, 0.29) is 10.8 Å². The van der Waals surface area contributed by atoms with Crippen molar-refractivity contribution < 1.29 is 13.2 Å². The van der Waals surface area contributed by atoms with E-state index >= 15 is 0 Å². The molecule has 1 aromatic carbocycles. The van der Waals surface area contributed by atoms with E-state index in [0.717, 1.165) is 26.1 Å². The maximum Gasteiger partial charge on any atom is 0.243 e. The molecule has 1 aliphatic rings. The lowest BCUT2D eigenvalue weighted by Crippen LogP contribution is -2.48. The average Bonchev–Trinajstić information content (AvgIpc) is 2.60. The predicted octanol–water partition coefficient (Wildman–Crippen LogP) is 2.39. The number of likely N-dealkylation sites (N-methyl/N-ethyl adjacent to an activating group) is 1. The Morgan fingerprint density at radius 3 is 2.24 bits per heavy atom. The van der Waals surface area contributed by atoms with Crippen molar-refractivity contribution in [2.24, 2.45) is 5.92 Å². The Kier molecular flexibility index (Phi) is 6.98. The topological polar surface area (TPSA) is 69.7 Å². The van der Waals surface area contributed by atoms with E-state index in [1.807, 2.05) is 0 Å². The van der Waals surface area contributed by atoms with Gasteiger partial charge in [0.15, 0.2) is 0 Å². The Bertz CT molecular complexity index is 663. The summed E-state index contributed by atoms with van der Waals surface area (Å²) in [5.74, 6) is 0.437. The number of benzene rings is 1. The predicted molar refractivity (Wildman–Crippen MR) is 100 cm³/mol. The van der Waals surface area contributed by atoms with E-state index in [1.165, 1.54) is 4.31 Å². The molecule has 1 aliphatic heterocycles. The van der Waals surface area contributed by atoms with Gasteiger partial charge in [0.2, 0.25) is 15.9 Å². The quantitative estimate of drug-likeness (QED) is 0.803. The molecule has 1 fully saturated rings. The molecule has 0 saturated carbocycles. The van der Waals surface area contributed by atoms with Gasteiger partial charge in [-0.15, -0.1) is 0 Å². The third-order valence-electron chi connectivity index (χ3n) is 4.50. The number of carbonyl (C=O) groups is 1. The number of hydrogen-bond donors (Lipinski definition) is 1. The standard InChI is InChI=1S/C18H29N3O3S/c1-4-20-11-13-21(14-12-20)25(23,24)17-8-6-16(7-9-17)19-18(22)10-5-15(2)3/h6-9,15H,4-5,10-14H2,1-3H3,(H,19,22). The molecule has 1 saturated heterocycles. The zero-order valence-electron chi connectivity index (χ0n) is 15.4. The van der Waals surface area contributed by atoms with Gasteiger partial charge < -0.3 is 10.2 Å². The summed E-state index contributed by atoms with van der Waals surface area (Å²) in [5.41, 5.74) is 0.628. The van der Waals surface area contributed by atoms with Crippen LogP contribution in [0, 0.1) is 5.92 Å². The summed E-state index contributed by atoms with van der Waals surface area (Å²) in [6.07, 6.45) is 1.31. The lowest BCUT2D eigenvalue weighted by atomic mass is 10.1. The Morgan fingerprint density at radius 1 is 1.12 bits per heavy atom. The van der Waals surface area contributed by atoms with E-state index in [0.29, 0.717) is 31.1 Å². The Labute approximate surface area is 151 Å². The van der Waals surface area contributed by atoms with Crippen LogP contribution in [0.3, 0.4) is 0 Å². The van der Waals surface area contributed by atoms with Crippen molar-refractivity contribution in [3.8, 4) is 0 Å². The second kappa shape index (κ2) is 8.78. The number of rotatable bonds is 7. The number of carbonyl (C=O) groups excluding carboxylic acids is 1. The second-order valence-electron chi connectivity index (χ2n) is 6.84. The first kappa shape index (κ1) is 19.9. The second-order valence-corrected chi connectivity index (χ2v) is 8.78. The highest BCUT2D eigenvalue weighted by atomic mass is 32.2. The molecule has 0 atom stereocenters. The van der Waals surface area contributed by atoms with Gasteiger partial charge in [0.25, 0.3) is 0 Å². The minimum atomic E-state index is -3.47. The van der Waals surface area contributed by atoms with Crippen LogP contribution in [0.5, 0.6) is 0 Å². The molecular formula is C18H29N3O3S. The minimum absolute atomic E-state index is 0.0417. The average molecular weight is 368 g/mol. The molecule has 1 amide bonds. The van der Waals surface area contributed by atoms with Crippen LogP contribution in [0.15, 0.2) is 29.2 Å².